The maximum Gasteiger partial charge on any atom is 0.327 e. The van der Waals surface area contributed by atoms with E-state index in [0.717, 1.165) is 16.7 Å². The van der Waals surface area contributed by atoms with Crippen molar-refractivity contribution in [1.29, 1.82) is 0 Å². The molecular weight excluding hydrogens is 316 g/mol. The summed E-state index contributed by atoms with van der Waals surface area (Å²) in [7, 11) is 0. The molecule has 2 aliphatic rings. The van der Waals surface area contributed by atoms with Gasteiger partial charge in [-0.1, -0.05) is 54.6 Å². The summed E-state index contributed by atoms with van der Waals surface area (Å²) in [6.07, 6.45) is 0.904. The lowest BCUT2D eigenvalue weighted by Crippen LogP contribution is -2.59. The molecule has 1 saturated heterocycles. The number of benzene rings is 2. The van der Waals surface area contributed by atoms with Crippen LogP contribution in [0.1, 0.15) is 36.5 Å². The van der Waals surface area contributed by atoms with Gasteiger partial charge in [0.1, 0.15) is 0 Å². The predicted octanol–water partition coefficient (Wildman–Crippen LogP) is 3.39. The number of carbonyl (C=O) groups excluding carboxylic acids is 2. The van der Waals surface area contributed by atoms with Crippen molar-refractivity contribution in [3.05, 3.63) is 71.3 Å². The Hall–Kier alpha value is -2.62. The van der Waals surface area contributed by atoms with E-state index in [2.05, 4.69) is 6.07 Å². The van der Waals surface area contributed by atoms with Crippen LogP contribution in [0.3, 0.4) is 0 Å². The average molecular weight is 336 g/mol. The van der Waals surface area contributed by atoms with E-state index in [4.69, 9.17) is 9.47 Å². The van der Waals surface area contributed by atoms with Crippen LogP contribution in [0.2, 0.25) is 0 Å². The lowest BCUT2D eigenvalue weighted by molar-refractivity contribution is -0.253. The number of carbonyl (C=O) groups is 2. The van der Waals surface area contributed by atoms with Crippen molar-refractivity contribution in [2.45, 2.75) is 38.4 Å². The number of esters is 2. The second-order valence-electron chi connectivity index (χ2n) is 7.26. The van der Waals surface area contributed by atoms with E-state index in [-0.39, 0.29) is 5.92 Å². The number of hydrogen-bond donors (Lipinski definition) is 0. The minimum Gasteiger partial charge on any atom is -0.422 e. The van der Waals surface area contributed by atoms with Crippen LogP contribution in [-0.2, 0) is 31.9 Å². The van der Waals surface area contributed by atoms with Crippen molar-refractivity contribution in [3.63, 3.8) is 0 Å². The highest BCUT2D eigenvalue weighted by Gasteiger charge is 2.62. The summed E-state index contributed by atoms with van der Waals surface area (Å²) in [5, 5.41) is 0. The highest BCUT2D eigenvalue weighted by atomic mass is 16.7. The molecule has 4 heteroatoms. The first-order chi connectivity index (χ1) is 11.9. The second kappa shape index (κ2) is 5.45. The van der Waals surface area contributed by atoms with Crippen molar-refractivity contribution in [3.8, 4) is 0 Å². The summed E-state index contributed by atoms with van der Waals surface area (Å²) in [6.45, 7) is 3.17. The molecule has 1 heterocycles. The molecule has 0 amide bonds. The molecule has 0 aromatic heterocycles. The maximum absolute atomic E-state index is 13.1. The Balaban J connectivity index is 1.88. The van der Waals surface area contributed by atoms with E-state index < -0.39 is 23.1 Å². The molecule has 4 rings (SSSR count). The van der Waals surface area contributed by atoms with E-state index in [1.807, 2.05) is 48.5 Å². The minimum atomic E-state index is -1.33. The molecule has 4 nitrogen and oxygen atoms in total. The molecule has 0 bridgehead atoms. The smallest absolute Gasteiger partial charge is 0.327 e. The van der Waals surface area contributed by atoms with Crippen LogP contribution >= 0.6 is 0 Å². The molecule has 1 fully saturated rings. The zero-order valence-corrected chi connectivity index (χ0v) is 14.3. The Morgan fingerprint density at radius 2 is 1.40 bits per heavy atom. The average Bonchev–Trinajstić information content (AvgIpc) is 2.59. The molecule has 1 aliphatic carbocycles. The second-order valence-corrected chi connectivity index (χ2v) is 7.26. The summed E-state index contributed by atoms with van der Waals surface area (Å²) >= 11 is 0. The normalized spacial score (nSPS) is 23.5. The number of cyclic esters (lactones) is 2. The zero-order chi connectivity index (χ0) is 17.7. The first-order valence-electron chi connectivity index (χ1n) is 8.51. The molecule has 0 radical (unpaired) electrons. The van der Waals surface area contributed by atoms with Crippen LogP contribution in [-0.4, -0.2) is 17.7 Å². The van der Waals surface area contributed by atoms with Gasteiger partial charge in [0.2, 0.25) is 0 Å². The van der Waals surface area contributed by atoms with Crippen molar-refractivity contribution in [2.75, 3.05) is 0 Å². The van der Waals surface area contributed by atoms with Crippen LogP contribution in [0.5, 0.6) is 0 Å². The molecule has 2 aromatic carbocycles. The van der Waals surface area contributed by atoms with E-state index >= 15 is 0 Å². The number of hydrogen-bond acceptors (Lipinski definition) is 4. The van der Waals surface area contributed by atoms with E-state index in [1.165, 1.54) is 0 Å². The largest absolute Gasteiger partial charge is 0.422 e. The quantitative estimate of drug-likeness (QED) is 0.592. The molecular formula is C21H20O4. The lowest BCUT2D eigenvalue weighted by Gasteiger charge is -2.46. The summed E-state index contributed by atoms with van der Waals surface area (Å²) < 4.78 is 11.0. The molecule has 2 aromatic rings. The molecule has 1 spiro atoms. The third kappa shape index (κ3) is 2.44. The van der Waals surface area contributed by atoms with Crippen molar-refractivity contribution in [2.24, 2.45) is 5.41 Å². The van der Waals surface area contributed by atoms with Gasteiger partial charge in [-0.2, -0.15) is 0 Å². The molecule has 128 valence electrons. The molecule has 1 atom stereocenters. The van der Waals surface area contributed by atoms with Crippen LogP contribution in [0.15, 0.2) is 54.6 Å². The molecule has 0 saturated carbocycles. The van der Waals surface area contributed by atoms with Gasteiger partial charge in [-0.3, -0.25) is 9.59 Å². The Kier molecular flexibility index (Phi) is 3.46. The highest BCUT2D eigenvalue weighted by molar-refractivity contribution is 6.03. The summed E-state index contributed by atoms with van der Waals surface area (Å²) in [4.78, 5) is 26.1. The fraction of sp³-hybridized carbons (Fsp3) is 0.333. The Labute approximate surface area is 146 Å². The zero-order valence-electron chi connectivity index (χ0n) is 14.3. The summed E-state index contributed by atoms with van der Waals surface area (Å²) in [6, 6.07) is 17.6. The van der Waals surface area contributed by atoms with Gasteiger partial charge < -0.3 is 9.47 Å². The molecule has 1 unspecified atom stereocenters. The Bertz CT molecular complexity index is 818. The van der Waals surface area contributed by atoms with Gasteiger partial charge in [-0.25, -0.2) is 0 Å². The van der Waals surface area contributed by atoms with Crippen molar-refractivity contribution in [1.82, 2.24) is 0 Å². The van der Waals surface area contributed by atoms with Gasteiger partial charge in [0, 0.05) is 26.2 Å². The van der Waals surface area contributed by atoms with Crippen LogP contribution in [0.25, 0.3) is 0 Å². The monoisotopic (exact) mass is 336 g/mol. The standard InChI is InChI=1S/C21H20O4/c1-20(2)24-18(22)21(19(23)25-20)13-16-11-7-6-10-15(16)12-17(21)14-8-4-3-5-9-14/h3-11,17H,12-13H2,1-2H3. The van der Waals surface area contributed by atoms with E-state index in [1.54, 1.807) is 13.8 Å². The number of fused-ring (bicyclic) bond motifs is 1. The summed E-state index contributed by atoms with van der Waals surface area (Å²) in [5.74, 6) is -2.51. The van der Waals surface area contributed by atoms with E-state index in [9.17, 15) is 9.59 Å². The topological polar surface area (TPSA) is 52.6 Å². The molecule has 0 N–H and O–H groups in total. The highest BCUT2D eigenvalue weighted by Crippen LogP contribution is 2.50. The Morgan fingerprint density at radius 1 is 0.840 bits per heavy atom. The van der Waals surface area contributed by atoms with E-state index in [0.29, 0.717) is 12.8 Å². The Morgan fingerprint density at radius 3 is 2.04 bits per heavy atom. The van der Waals surface area contributed by atoms with Gasteiger partial charge in [-0.05, 0) is 23.1 Å². The fourth-order valence-corrected chi connectivity index (χ4v) is 4.00. The maximum atomic E-state index is 13.1. The van der Waals surface area contributed by atoms with Crippen LogP contribution in [0, 0.1) is 5.41 Å². The number of rotatable bonds is 1. The van der Waals surface area contributed by atoms with Gasteiger partial charge in [0.25, 0.3) is 5.79 Å². The third-order valence-electron chi connectivity index (χ3n) is 5.21. The summed E-state index contributed by atoms with van der Waals surface area (Å²) in [5.41, 5.74) is 1.78. The van der Waals surface area contributed by atoms with Crippen molar-refractivity contribution < 1.29 is 19.1 Å². The first-order valence-corrected chi connectivity index (χ1v) is 8.51. The first kappa shape index (κ1) is 15.9. The van der Waals surface area contributed by atoms with Gasteiger partial charge in [0.05, 0.1) is 0 Å². The third-order valence-corrected chi connectivity index (χ3v) is 5.21. The molecule has 1 aliphatic heterocycles. The van der Waals surface area contributed by atoms with Gasteiger partial charge in [-0.15, -0.1) is 0 Å². The fourth-order valence-electron chi connectivity index (χ4n) is 4.00. The van der Waals surface area contributed by atoms with Gasteiger partial charge in [0.15, 0.2) is 5.41 Å². The molecule has 25 heavy (non-hydrogen) atoms. The van der Waals surface area contributed by atoms with Crippen LogP contribution in [0.4, 0.5) is 0 Å². The SMILES string of the molecule is CC1(C)OC(=O)C2(Cc3ccccc3CC2c2ccccc2)C(=O)O1. The predicted molar refractivity (Wildman–Crippen MR) is 91.7 cm³/mol. The lowest BCUT2D eigenvalue weighted by atomic mass is 9.61. The van der Waals surface area contributed by atoms with Crippen LogP contribution < -0.4 is 0 Å². The van der Waals surface area contributed by atoms with Gasteiger partial charge >= 0.3 is 11.9 Å². The number of ether oxygens (including phenoxy) is 2. The van der Waals surface area contributed by atoms with Crippen molar-refractivity contribution >= 4 is 11.9 Å². The minimum absolute atomic E-state index is 0.302.